The molecule has 5 atom stereocenters. The van der Waals surface area contributed by atoms with Crippen molar-refractivity contribution in [3.63, 3.8) is 0 Å². The van der Waals surface area contributed by atoms with Crippen LogP contribution in [-0.2, 0) is 35.3 Å². The molecule has 2 aromatic carbocycles. The van der Waals surface area contributed by atoms with Gasteiger partial charge >= 0.3 is 6.09 Å². The van der Waals surface area contributed by atoms with Crippen molar-refractivity contribution in [1.82, 2.24) is 20.9 Å². The number of amides is 6. The molecule has 0 spiro atoms. The lowest BCUT2D eigenvalue weighted by molar-refractivity contribution is -0.139. The van der Waals surface area contributed by atoms with Crippen molar-refractivity contribution in [2.75, 3.05) is 13.2 Å². The van der Waals surface area contributed by atoms with Crippen LogP contribution in [0.15, 0.2) is 54.6 Å². The summed E-state index contributed by atoms with van der Waals surface area (Å²) in [4.78, 5) is 78.8. The van der Waals surface area contributed by atoms with E-state index in [1.165, 1.54) is 20.8 Å². The first kappa shape index (κ1) is 42.5. The van der Waals surface area contributed by atoms with Crippen LogP contribution in [0.4, 0.5) is 4.79 Å². The van der Waals surface area contributed by atoms with Gasteiger partial charge in [0.1, 0.15) is 18.7 Å². The quantitative estimate of drug-likeness (QED) is 0.124. The van der Waals surface area contributed by atoms with Crippen molar-refractivity contribution in [3.8, 4) is 11.1 Å². The highest BCUT2D eigenvalue weighted by molar-refractivity contribution is 6.01. The minimum Gasteiger partial charge on any atom is -0.444 e. The van der Waals surface area contributed by atoms with E-state index in [2.05, 4.69) is 16.0 Å². The maximum atomic E-state index is 13.4. The highest BCUT2D eigenvalue weighted by atomic mass is 16.6. The van der Waals surface area contributed by atoms with Crippen LogP contribution < -0.4 is 27.4 Å². The van der Waals surface area contributed by atoms with E-state index in [9.17, 15) is 33.9 Å². The molecule has 2 rings (SSSR count). The molecule has 2 aromatic rings. The lowest BCUT2D eigenvalue weighted by atomic mass is 9.85. The molecule has 0 heterocycles. The predicted molar refractivity (Wildman–Crippen MR) is 192 cm³/mol. The Morgan fingerprint density at radius 1 is 0.922 bits per heavy atom. The molecule has 51 heavy (non-hydrogen) atoms. The number of hydrogen-bond donors (Lipinski definition) is 6. The van der Waals surface area contributed by atoms with E-state index in [0.717, 1.165) is 24.0 Å². The number of nitrogens with zero attached hydrogens (tertiary/aromatic N) is 1. The van der Waals surface area contributed by atoms with Crippen LogP contribution in [0.5, 0.6) is 0 Å². The van der Waals surface area contributed by atoms with Gasteiger partial charge in [0.25, 0.3) is 0 Å². The van der Waals surface area contributed by atoms with Crippen molar-refractivity contribution in [2.45, 2.75) is 97.5 Å². The number of ether oxygens (including phenoxy) is 1. The normalized spacial score (nSPS) is 14.6. The molecule has 0 aliphatic rings. The third-order valence-corrected chi connectivity index (χ3v) is 8.63. The Bertz CT molecular complexity index is 1500. The Hall–Kier alpha value is -4.66. The topological polar surface area (TPSA) is 223 Å². The van der Waals surface area contributed by atoms with Crippen LogP contribution in [-0.4, -0.2) is 82.5 Å². The largest absolute Gasteiger partial charge is 0.444 e. The summed E-state index contributed by atoms with van der Waals surface area (Å²) in [7, 11) is 0. The number of nitrogens with two attached hydrogens (primary N) is 2. The molecule has 0 aromatic heterocycles. The van der Waals surface area contributed by atoms with Crippen LogP contribution >= 0.6 is 0 Å². The Balaban J connectivity index is 2.13. The Labute approximate surface area is 300 Å². The average Bonchev–Trinajstić information content (AvgIpc) is 3.09. The van der Waals surface area contributed by atoms with E-state index in [1.54, 1.807) is 26.0 Å². The second-order valence-electron chi connectivity index (χ2n) is 13.2. The minimum absolute atomic E-state index is 0.171. The number of carbonyl (C=O) groups is 6. The van der Waals surface area contributed by atoms with E-state index >= 15 is 0 Å². The first-order valence-electron chi connectivity index (χ1n) is 17.3. The van der Waals surface area contributed by atoms with Gasteiger partial charge in [-0.3, -0.25) is 29.3 Å². The molecule has 0 aliphatic heterocycles. The highest BCUT2D eigenvalue weighted by Gasteiger charge is 2.41. The number of benzene rings is 2. The lowest BCUT2D eigenvalue weighted by Gasteiger charge is -2.34. The van der Waals surface area contributed by atoms with Crippen LogP contribution in [0.25, 0.3) is 11.1 Å². The van der Waals surface area contributed by atoms with Gasteiger partial charge < -0.3 is 31.9 Å². The van der Waals surface area contributed by atoms with Gasteiger partial charge in [0.05, 0.1) is 11.6 Å². The zero-order valence-electron chi connectivity index (χ0n) is 30.4. The molecule has 0 bridgehead atoms. The van der Waals surface area contributed by atoms with Crippen molar-refractivity contribution in [1.29, 1.82) is 0 Å². The number of nitrogens with one attached hydrogen (secondary N) is 3. The predicted octanol–water partition coefficient (Wildman–Crippen LogP) is 2.36. The standard InChI is InChI=1S/C37H54N6O8/c1-7-8-10-19-30(45)41-33(47)31(23(2)3)42-35(49)37(6,39)28(21-44)20-40-32(46)25(5)43(34(48)24(4)38)36(50)51-22-27-17-13-14-18-29(27)26-15-11-9-12-16-26/h9,11-18,23-25,28,31,44H,7-8,10,19-22,38-39H2,1-6H3,(H,40,46)(H,42,49)(H,41,45,47)/t24-,25-,28?,31?,37+/m0/s1. The molecule has 0 aliphatic carbocycles. The summed E-state index contributed by atoms with van der Waals surface area (Å²) < 4.78 is 5.52. The molecular formula is C37H54N6O8. The fourth-order valence-corrected chi connectivity index (χ4v) is 5.20. The number of hydrogen-bond acceptors (Lipinski definition) is 10. The molecule has 0 saturated carbocycles. The number of aliphatic hydroxyl groups is 1. The maximum absolute atomic E-state index is 13.4. The molecule has 0 saturated heterocycles. The van der Waals surface area contributed by atoms with Crippen molar-refractivity contribution < 1.29 is 38.6 Å². The van der Waals surface area contributed by atoms with E-state index in [-0.39, 0.29) is 19.6 Å². The van der Waals surface area contributed by atoms with E-state index in [4.69, 9.17) is 16.2 Å². The summed E-state index contributed by atoms with van der Waals surface area (Å²) >= 11 is 0. The van der Waals surface area contributed by atoms with Gasteiger partial charge in [0.15, 0.2) is 0 Å². The Morgan fingerprint density at radius 2 is 1.55 bits per heavy atom. The van der Waals surface area contributed by atoms with Crippen LogP contribution in [0, 0.1) is 11.8 Å². The third kappa shape index (κ3) is 12.3. The average molecular weight is 711 g/mol. The lowest BCUT2D eigenvalue weighted by Crippen LogP contribution is -2.64. The molecular weight excluding hydrogens is 656 g/mol. The summed E-state index contributed by atoms with van der Waals surface area (Å²) in [6.07, 6.45) is 1.45. The second-order valence-corrected chi connectivity index (χ2v) is 13.2. The minimum atomic E-state index is -1.81. The summed E-state index contributed by atoms with van der Waals surface area (Å²) in [5.74, 6) is -5.09. The van der Waals surface area contributed by atoms with Gasteiger partial charge in [0, 0.05) is 25.5 Å². The monoisotopic (exact) mass is 710 g/mol. The third-order valence-electron chi connectivity index (χ3n) is 8.63. The van der Waals surface area contributed by atoms with E-state index in [0.29, 0.717) is 16.9 Å². The van der Waals surface area contributed by atoms with Gasteiger partial charge in [-0.25, -0.2) is 9.69 Å². The van der Waals surface area contributed by atoms with Gasteiger partial charge in [0.2, 0.25) is 29.5 Å². The summed E-state index contributed by atoms with van der Waals surface area (Å²) in [6, 6.07) is 13.1. The number of carbonyl (C=O) groups excluding carboxylic acids is 6. The Morgan fingerprint density at radius 3 is 2.14 bits per heavy atom. The summed E-state index contributed by atoms with van der Waals surface area (Å²) in [5.41, 5.74) is 12.8. The van der Waals surface area contributed by atoms with Gasteiger partial charge in [-0.05, 0) is 49.8 Å². The zero-order valence-corrected chi connectivity index (χ0v) is 30.4. The maximum Gasteiger partial charge on any atom is 0.417 e. The van der Waals surface area contributed by atoms with Crippen molar-refractivity contribution in [2.24, 2.45) is 23.3 Å². The smallest absolute Gasteiger partial charge is 0.417 e. The molecule has 6 amide bonds. The fourth-order valence-electron chi connectivity index (χ4n) is 5.20. The van der Waals surface area contributed by atoms with E-state index in [1.807, 2.05) is 49.4 Å². The molecule has 0 fully saturated rings. The SMILES string of the molecule is CCCCCC(=O)NC(=O)C(NC(=O)[C@](C)(N)C(CO)CNC(=O)[C@H](C)N(C(=O)OCc1ccccc1-c1ccccc1)C(=O)[C@H](C)N)C(C)C. The molecule has 14 heteroatoms. The molecule has 2 unspecified atom stereocenters. The second kappa shape index (κ2) is 20.3. The van der Waals surface area contributed by atoms with Gasteiger partial charge in [-0.1, -0.05) is 88.2 Å². The molecule has 8 N–H and O–H groups in total. The molecule has 0 radical (unpaired) electrons. The fraction of sp³-hybridized carbons (Fsp3) is 0.514. The van der Waals surface area contributed by atoms with Crippen LogP contribution in [0.3, 0.4) is 0 Å². The van der Waals surface area contributed by atoms with Gasteiger partial charge in [-0.2, -0.15) is 0 Å². The Kier molecular flexibility index (Phi) is 16.9. The number of rotatable bonds is 18. The van der Waals surface area contributed by atoms with Gasteiger partial charge in [-0.15, -0.1) is 0 Å². The summed E-state index contributed by atoms with van der Waals surface area (Å²) in [5, 5.41) is 17.6. The highest BCUT2D eigenvalue weighted by Crippen LogP contribution is 2.24. The molecule has 14 nitrogen and oxygen atoms in total. The van der Waals surface area contributed by atoms with Crippen LogP contribution in [0.1, 0.15) is 72.8 Å². The first-order valence-corrected chi connectivity index (χ1v) is 17.3. The van der Waals surface area contributed by atoms with Crippen LogP contribution in [0.2, 0.25) is 0 Å². The van der Waals surface area contributed by atoms with Crippen molar-refractivity contribution >= 4 is 35.6 Å². The van der Waals surface area contributed by atoms with Crippen molar-refractivity contribution in [3.05, 3.63) is 60.2 Å². The zero-order chi connectivity index (χ0) is 38.3. The van der Waals surface area contributed by atoms with E-state index < -0.39 is 77.7 Å². The summed E-state index contributed by atoms with van der Waals surface area (Å²) in [6.45, 7) is 8.20. The number of imide groups is 2. The number of unbranched alkanes of at least 4 members (excludes halogenated alkanes) is 2. The number of aliphatic hydroxyl groups excluding tert-OH is 1. The molecule has 280 valence electrons. The first-order chi connectivity index (χ1) is 24.1.